The Bertz CT molecular complexity index is 635. The number of rotatable bonds is 3. The lowest BCUT2D eigenvalue weighted by Gasteiger charge is -2.29. The van der Waals surface area contributed by atoms with Crippen LogP contribution in [-0.4, -0.2) is 65.1 Å². The number of aromatic amines is 1. The smallest absolute Gasteiger partial charge is 0.270 e. The zero-order valence-corrected chi connectivity index (χ0v) is 13.9. The molecule has 0 aliphatic carbocycles. The largest absolute Gasteiger partial charge is 0.388 e. The van der Waals surface area contributed by atoms with Gasteiger partial charge in [-0.25, -0.2) is 0 Å². The van der Waals surface area contributed by atoms with Gasteiger partial charge in [0.1, 0.15) is 5.69 Å². The number of fused-ring (bicyclic) bond motifs is 1. The van der Waals surface area contributed by atoms with E-state index in [4.69, 9.17) is 0 Å². The van der Waals surface area contributed by atoms with E-state index < -0.39 is 5.60 Å². The summed E-state index contributed by atoms with van der Waals surface area (Å²) in [6, 6.07) is 3.92. The molecule has 0 radical (unpaired) electrons. The predicted molar refractivity (Wildman–Crippen MR) is 89.4 cm³/mol. The number of hydrogen-bond acceptors (Lipinski definition) is 4. The zero-order chi connectivity index (χ0) is 15.7. The number of amides is 1. The molecule has 3 heterocycles. The first kappa shape index (κ1) is 15.5. The molecule has 2 aromatic rings. The zero-order valence-electron chi connectivity index (χ0n) is 13.1. The molecule has 1 aliphatic rings. The van der Waals surface area contributed by atoms with E-state index in [0.717, 1.165) is 23.1 Å². The number of carbonyl (C=O) groups is 1. The molecule has 1 fully saturated rings. The van der Waals surface area contributed by atoms with Crippen molar-refractivity contribution in [3.63, 3.8) is 0 Å². The number of H-pyrrole nitrogens is 1. The summed E-state index contributed by atoms with van der Waals surface area (Å²) in [5.41, 5.74) is 0.987. The summed E-state index contributed by atoms with van der Waals surface area (Å²) in [5.74, 6) is 0.0394. The number of aliphatic hydroxyl groups is 1. The van der Waals surface area contributed by atoms with Crippen LogP contribution in [0.15, 0.2) is 17.5 Å². The molecule has 0 bridgehead atoms. The summed E-state index contributed by atoms with van der Waals surface area (Å²) in [5, 5.41) is 12.7. The van der Waals surface area contributed by atoms with Crippen LogP contribution in [-0.2, 0) is 0 Å². The van der Waals surface area contributed by atoms with E-state index in [1.807, 2.05) is 41.4 Å². The number of likely N-dealkylation sites (N-methyl/N-ethyl adjacent to an activating group) is 1. The van der Waals surface area contributed by atoms with Gasteiger partial charge < -0.3 is 19.9 Å². The number of nitrogens with zero attached hydrogens (tertiary/aromatic N) is 2. The van der Waals surface area contributed by atoms with Crippen LogP contribution in [0.1, 0.15) is 29.8 Å². The van der Waals surface area contributed by atoms with E-state index in [1.54, 1.807) is 11.3 Å². The number of nitrogens with one attached hydrogen (secondary N) is 1. The third-order valence-electron chi connectivity index (χ3n) is 4.29. The lowest BCUT2D eigenvalue weighted by molar-refractivity contribution is 0.00303. The van der Waals surface area contributed by atoms with Crippen molar-refractivity contribution in [2.75, 3.05) is 33.7 Å². The van der Waals surface area contributed by atoms with Crippen LogP contribution in [0, 0.1) is 0 Å². The van der Waals surface area contributed by atoms with E-state index in [2.05, 4.69) is 4.98 Å². The topological polar surface area (TPSA) is 59.6 Å². The van der Waals surface area contributed by atoms with Crippen LogP contribution in [0.5, 0.6) is 0 Å². The summed E-state index contributed by atoms with van der Waals surface area (Å²) in [4.78, 5) is 19.7. The van der Waals surface area contributed by atoms with Crippen molar-refractivity contribution in [2.24, 2.45) is 0 Å². The van der Waals surface area contributed by atoms with Crippen molar-refractivity contribution in [1.29, 1.82) is 0 Å². The Hall–Kier alpha value is -1.37. The Morgan fingerprint density at radius 1 is 1.45 bits per heavy atom. The molecule has 5 nitrogen and oxygen atoms in total. The molecule has 22 heavy (non-hydrogen) atoms. The second-order valence-corrected chi connectivity index (χ2v) is 7.44. The van der Waals surface area contributed by atoms with E-state index in [1.165, 1.54) is 0 Å². The molecule has 1 amide bonds. The van der Waals surface area contributed by atoms with Crippen molar-refractivity contribution < 1.29 is 9.90 Å². The standard InChI is InChI=1S/C16H23N3O2S/c1-18(2)11-16(21)5-3-7-19(8-6-16)15(20)13-10-14-12(17-13)4-9-22-14/h4,9-10,17,21H,3,5-8,11H2,1-2H3/t16-/m1/s1. The molecule has 0 aromatic carbocycles. The molecule has 0 spiro atoms. The SMILES string of the molecule is CN(C)C[C@@]1(O)CCCN(C(=O)c2cc3sccc3[nH]2)CC1. The molecule has 2 aromatic heterocycles. The van der Waals surface area contributed by atoms with Crippen LogP contribution >= 0.6 is 11.3 Å². The summed E-state index contributed by atoms with van der Waals surface area (Å²) in [6.07, 6.45) is 2.21. The maximum atomic E-state index is 12.7. The number of likely N-dealkylation sites (tertiary alicyclic amines) is 1. The first-order valence-corrected chi connectivity index (χ1v) is 8.57. The highest BCUT2D eigenvalue weighted by Crippen LogP contribution is 2.26. The first-order chi connectivity index (χ1) is 10.5. The Kier molecular flexibility index (Phi) is 4.25. The highest BCUT2D eigenvalue weighted by molar-refractivity contribution is 7.17. The Balaban J connectivity index is 1.70. The minimum atomic E-state index is -0.686. The number of thiophene rings is 1. The minimum Gasteiger partial charge on any atom is -0.388 e. The molecule has 1 aliphatic heterocycles. The molecule has 120 valence electrons. The molecular weight excluding hydrogens is 298 g/mol. The van der Waals surface area contributed by atoms with E-state index in [9.17, 15) is 9.90 Å². The van der Waals surface area contributed by atoms with E-state index in [0.29, 0.717) is 31.7 Å². The molecule has 0 unspecified atom stereocenters. The van der Waals surface area contributed by atoms with Crippen LogP contribution in [0.25, 0.3) is 10.2 Å². The molecule has 3 rings (SSSR count). The quantitative estimate of drug-likeness (QED) is 0.911. The fraction of sp³-hybridized carbons (Fsp3) is 0.562. The van der Waals surface area contributed by atoms with Crippen molar-refractivity contribution in [1.82, 2.24) is 14.8 Å². The Morgan fingerprint density at radius 2 is 2.27 bits per heavy atom. The molecule has 1 atom stereocenters. The van der Waals surface area contributed by atoms with E-state index in [-0.39, 0.29) is 5.91 Å². The average Bonchev–Trinajstić information content (AvgIpc) is 2.97. The van der Waals surface area contributed by atoms with Gasteiger partial charge in [-0.3, -0.25) is 4.79 Å². The number of aromatic nitrogens is 1. The first-order valence-electron chi connectivity index (χ1n) is 7.69. The fourth-order valence-corrected chi connectivity index (χ4v) is 4.05. The van der Waals surface area contributed by atoms with Crippen LogP contribution in [0.3, 0.4) is 0 Å². The van der Waals surface area contributed by atoms with Gasteiger partial charge in [-0.15, -0.1) is 11.3 Å². The van der Waals surface area contributed by atoms with Crippen LogP contribution < -0.4 is 0 Å². The second kappa shape index (κ2) is 6.02. The van der Waals surface area contributed by atoms with Gasteiger partial charge in [0.25, 0.3) is 5.91 Å². The summed E-state index contributed by atoms with van der Waals surface area (Å²) in [6.45, 7) is 1.96. The monoisotopic (exact) mass is 321 g/mol. The molecule has 6 heteroatoms. The van der Waals surface area contributed by atoms with Gasteiger partial charge in [0.05, 0.1) is 15.8 Å². The predicted octanol–water partition coefficient (Wildman–Crippen LogP) is 2.15. The van der Waals surface area contributed by atoms with Gasteiger partial charge in [-0.05, 0) is 50.9 Å². The molecular formula is C16H23N3O2S. The maximum absolute atomic E-state index is 12.7. The lowest BCUT2D eigenvalue weighted by atomic mass is 9.94. The van der Waals surface area contributed by atoms with Crippen molar-refractivity contribution >= 4 is 27.5 Å². The normalized spacial score (nSPS) is 23.2. The highest BCUT2D eigenvalue weighted by Gasteiger charge is 2.32. The third-order valence-corrected chi connectivity index (χ3v) is 5.15. The Morgan fingerprint density at radius 3 is 3.00 bits per heavy atom. The van der Waals surface area contributed by atoms with Crippen LogP contribution in [0.4, 0.5) is 0 Å². The van der Waals surface area contributed by atoms with Gasteiger partial charge in [0, 0.05) is 19.6 Å². The van der Waals surface area contributed by atoms with Crippen molar-refractivity contribution in [3.8, 4) is 0 Å². The van der Waals surface area contributed by atoms with Gasteiger partial charge in [0.15, 0.2) is 0 Å². The van der Waals surface area contributed by atoms with Crippen molar-refractivity contribution in [3.05, 3.63) is 23.2 Å². The summed E-state index contributed by atoms with van der Waals surface area (Å²) in [7, 11) is 3.94. The molecule has 2 N–H and O–H groups in total. The average molecular weight is 321 g/mol. The minimum absolute atomic E-state index is 0.0394. The highest BCUT2D eigenvalue weighted by atomic mass is 32.1. The Labute approximate surface area is 134 Å². The van der Waals surface area contributed by atoms with Crippen molar-refractivity contribution in [2.45, 2.75) is 24.9 Å². The lowest BCUT2D eigenvalue weighted by Crippen LogP contribution is -2.41. The van der Waals surface area contributed by atoms with Crippen LogP contribution in [0.2, 0.25) is 0 Å². The van der Waals surface area contributed by atoms with Gasteiger partial charge in [-0.1, -0.05) is 0 Å². The summed E-state index contributed by atoms with van der Waals surface area (Å²) >= 11 is 1.64. The number of carbonyl (C=O) groups excluding carboxylic acids is 1. The van der Waals surface area contributed by atoms with Gasteiger partial charge >= 0.3 is 0 Å². The van der Waals surface area contributed by atoms with Gasteiger partial charge in [-0.2, -0.15) is 0 Å². The maximum Gasteiger partial charge on any atom is 0.270 e. The van der Waals surface area contributed by atoms with E-state index >= 15 is 0 Å². The second-order valence-electron chi connectivity index (χ2n) is 6.49. The third kappa shape index (κ3) is 3.19. The van der Waals surface area contributed by atoms with Gasteiger partial charge in [0.2, 0.25) is 0 Å². The molecule has 1 saturated heterocycles. The summed E-state index contributed by atoms with van der Waals surface area (Å²) < 4.78 is 1.11. The number of hydrogen-bond donors (Lipinski definition) is 2. The fourth-order valence-electron chi connectivity index (χ4n) is 3.26. The molecule has 0 saturated carbocycles.